The Balaban J connectivity index is 1.33. The summed E-state index contributed by atoms with van der Waals surface area (Å²) in [5.41, 5.74) is 1.97. The van der Waals surface area contributed by atoms with Gasteiger partial charge in [-0.1, -0.05) is 42.5 Å². The van der Waals surface area contributed by atoms with Crippen molar-refractivity contribution >= 4 is 40.9 Å². The molecule has 0 radical (unpaired) electrons. The van der Waals surface area contributed by atoms with Crippen LogP contribution in [0.25, 0.3) is 0 Å². The molecule has 1 fully saturated rings. The fourth-order valence-corrected chi connectivity index (χ4v) is 5.72. The normalized spacial score (nSPS) is 14.7. The maximum absolute atomic E-state index is 13.0. The molecule has 1 saturated heterocycles. The number of benzene rings is 2. The van der Waals surface area contributed by atoms with Crippen LogP contribution in [0, 0.1) is 0 Å². The lowest BCUT2D eigenvalue weighted by molar-refractivity contribution is -0.145. The van der Waals surface area contributed by atoms with E-state index in [2.05, 4.69) is 10.3 Å². The third-order valence-corrected chi connectivity index (χ3v) is 8.15. The lowest BCUT2D eigenvalue weighted by atomic mass is 9.97. The smallest absolute Gasteiger partial charge is 0.333 e. The van der Waals surface area contributed by atoms with Crippen molar-refractivity contribution in [1.29, 1.82) is 0 Å². The van der Waals surface area contributed by atoms with E-state index in [0.29, 0.717) is 25.1 Å². The van der Waals surface area contributed by atoms with Crippen LogP contribution in [0.2, 0.25) is 0 Å². The first-order valence-electron chi connectivity index (χ1n) is 12.4. The number of esters is 1. The largest absolute Gasteiger partial charge is 0.464 e. The van der Waals surface area contributed by atoms with Gasteiger partial charge < -0.3 is 15.0 Å². The summed E-state index contributed by atoms with van der Waals surface area (Å²) in [6.07, 6.45) is 4.05. The number of piperidine rings is 1. The molecule has 3 aromatic rings. The summed E-state index contributed by atoms with van der Waals surface area (Å²) < 4.78 is 5.17. The number of ether oxygens (including phenoxy) is 1. The molecule has 1 aliphatic heterocycles. The molecule has 1 atom stereocenters. The summed E-state index contributed by atoms with van der Waals surface area (Å²) in [4.78, 5) is 46.0. The van der Waals surface area contributed by atoms with Crippen LogP contribution in [0.5, 0.6) is 0 Å². The van der Waals surface area contributed by atoms with Crippen molar-refractivity contribution < 1.29 is 19.1 Å². The lowest BCUT2D eigenvalue weighted by Gasteiger charge is -2.31. The van der Waals surface area contributed by atoms with Crippen molar-refractivity contribution in [2.45, 2.75) is 43.0 Å². The predicted molar refractivity (Wildman–Crippen MR) is 146 cm³/mol. The maximum Gasteiger partial charge on any atom is 0.333 e. The molecule has 0 bridgehead atoms. The van der Waals surface area contributed by atoms with Gasteiger partial charge in [-0.2, -0.15) is 0 Å². The number of likely N-dealkylation sites (tertiary alicyclic amines) is 1. The van der Waals surface area contributed by atoms with Crippen LogP contribution in [-0.4, -0.2) is 53.6 Å². The van der Waals surface area contributed by atoms with E-state index in [1.54, 1.807) is 36.2 Å². The highest BCUT2D eigenvalue weighted by molar-refractivity contribution is 7.98. The first kappa shape index (κ1) is 26.9. The highest BCUT2D eigenvalue weighted by atomic mass is 32.2. The predicted octanol–water partition coefficient (Wildman–Crippen LogP) is 4.85. The highest BCUT2D eigenvalue weighted by Crippen LogP contribution is 2.31. The van der Waals surface area contributed by atoms with Crippen LogP contribution in [0.15, 0.2) is 64.9 Å². The first-order valence-corrected chi connectivity index (χ1v) is 14.5. The minimum Gasteiger partial charge on any atom is -0.464 e. The zero-order valence-corrected chi connectivity index (χ0v) is 22.6. The molecular weight excluding hydrogens is 506 g/mol. The SMILES string of the molecule is CCOC(=O)C(NC(=O)c1csc(C2CCN(C(=O)Cc3ccc(SC)cc3)CC2)n1)c1ccccc1. The number of amides is 2. The molecule has 37 heavy (non-hydrogen) atoms. The second-order valence-corrected chi connectivity index (χ2v) is 10.6. The van der Waals surface area contributed by atoms with Gasteiger partial charge in [-0.15, -0.1) is 23.1 Å². The molecule has 2 heterocycles. The van der Waals surface area contributed by atoms with Crippen LogP contribution >= 0.6 is 23.1 Å². The Morgan fingerprint density at radius 1 is 1.11 bits per heavy atom. The van der Waals surface area contributed by atoms with E-state index >= 15 is 0 Å². The van der Waals surface area contributed by atoms with E-state index in [9.17, 15) is 14.4 Å². The number of carbonyl (C=O) groups is 3. The number of aromatic nitrogens is 1. The molecule has 0 aliphatic carbocycles. The molecule has 1 N–H and O–H groups in total. The molecule has 0 spiro atoms. The van der Waals surface area contributed by atoms with Gasteiger partial charge >= 0.3 is 5.97 Å². The summed E-state index contributed by atoms with van der Waals surface area (Å²) >= 11 is 3.13. The second kappa shape index (κ2) is 12.9. The van der Waals surface area contributed by atoms with E-state index in [-0.39, 0.29) is 24.1 Å². The van der Waals surface area contributed by atoms with Crippen molar-refractivity contribution in [3.05, 3.63) is 81.8 Å². The van der Waals surface area contributed by atoms with E-state index < -0.39 is 17.9 Å². The minimum absolute atomic E-state index is 0.139. The quantitative estimate of drug-likeness (QED) is 0.310. The summed E-state index contributed by atoms with van der Waals surface area (Å²) in [5.74, 6) is -0.578. The standard InChI is InChI=1S/C28H31N3O4S2/c1-3-35-28(34)25(20-7-5-4-6-8-20)30-26(33)23-18-37-27(29-23)21-13-15-31(16-14-21)24(32)17-19-9-11-22(36-2)12-10-19/h4-12,18,21,25H,3,13-17H2,1-2H3,(H,30,33). The molecule has 1 aromatic heterocycles. The molecule has 2 aromatic carbocycles. The van der Waals surface area contributed by atoms with Crippen molar-refractivity contribution in [3.63, 3.8) is 0 Å². The summed E-state index contributed by atoms with van der Waals surface area (Å²) in [5, 5.41) is 5.40. The Morgan fingerprint density at radius 2 is 1.81 bits per heavy atom. The Morgan fingerprint density at radius 3 is 2.46 bits per heavy atom. The molecule has 9 heteroatoms. The number of hydrogen-bond acceptors (Lipinski definition) is 7. The number of thiazole rings is 1. The summed E-state index contributed by atoms with van der Waals surface area (Å²) in [7, 11) is 0. The topological polar surface area (TPSA) is 88.6 Å². The fraction of sp³-hybridized carbons (Fsp3) is 0.357. The van der Waals surface area contributed by atoms with Crippen molar-refractivity contribution in [2.75, 3.05) is 26.0 Å². The molecule has 194 valence electrons. The average Bonchev–Trinajstić information content (AvgIpc) is 3.43. The second-order valence-electron chi connectivity index (χ2n) is 8.82. The van der Waals surface area contributed by atoms with Gasteiger partial charge in [0.15, 0.2) is 6.04 Å². The summed E-state index contributed by atoms with van der Waals surface area (Å²) in [6, 6.07) is 16.3. The number of thioether (sulfide) groups is 1. The van der Waals surface area contributed by atoms with Crippen molar-refractivity contribution in [1.82, 2.24) is 15.2 Å². The third kappa shape index (κ3) is 6.99. The minimum atomic E-state index is -0.898. The average molecular weight is 538 g/mol. The number of carbonyl (C=O) groups excluding carboxylic acids is 3. The first-order chi connectivity index (χ1) is 18.0. The lowest BCUT2D eigenvalue weighted by Crippen LogP contribution is -2.38. The van der Waals surface area contributed by atoms with Gasteiger partial charge in [-0.3, -0.25) is 9.59 Å². The highest BCUT2D eigenvalue weighted by Gasteiger charge is 2.28. The van der Waals surface area contributed by atoms with Crippen LogP contribution in [-0.2, 0) is 20.7 Å². The zero-order chi connectivity index (χ0) is 26.2. The van der Waals surface area contributed by atoms with Gasteiger partial charge in [0, 0.05) is 29.3 Å². The molecule has 2 amide bonds. The van der Waals surface area contributed by atoms with E-state index in [1.165, 1.54) is 16.2 Å². The number of rotatable bonds is 9. The van der Waals surface area contributed by atoms with Gasteiger partial charge in [0.1, 0.15) is 5.69 Å². The third-order valence-electron chi connectivity index (χ3n) is 6.40. The molecular formula is C28H31N3O4S2. The van der Waals surface area contributed by atoms with Crippen LogP contribution in [0.3, 0.4) is 0 Å². The molecule has 7 nitrogen and oxygen atoms in total. The van der Waals surface area contributed by atoms with Crippen LogP contribution < -0.4 is 5.32 Å². The van der Waals surface area contributed by atoms with Gasteiger partial charge in [0.25, 0.3) is 5.91 Å². The van der Waals surface area contributed by atoms with Gasteiger partial charge in [0.05, 0.1) is 18.0 Å². The monoisotopic (exact) mass is 537 g/mol. The molecule has 4 rings (SSSR count). The Kier molecular flexibility index (Phi) is 9.35. The van der Waals surface area contributed by atoms with Crippen molar-refractivity contribution in [2.24, 2.45) is 0 Å². The van der Waals surface area contributed by atoms with Gasteiger partial charge in [-0.05, 0) is 49.3 Å². The number of hydrogen-bond donors (Lipinski definition) is 1. The molecule has 1 aliphatic rings. The zero-order valence-electron chi connectivity index (χ0n) is 21.0. The molecule has 0 saturated carbocycles. The maximum atomic E-state index is 13.0. The Labute approximate surface area is 225 Å². The van der Waals surface area contributed by atoms with E-state index in [0.717, 1.165) is 23.4 Å². The van der Waals surface area contributed by atoms with Crippen molar-refractivity contribution in [3.8, 4) is 0 Å². The Hall–Kier alpha value is -3.17. The summed E-state index contributed by atoms with van der Waals surface area (Å²) in [6.45, 7) is 3.31. The number of nitrogens with zero attached hydrogens (tertiary/aromatic N) is 2. The van der Waals surface area contributed by atoms with E-state index in [4.69, 9.17) is 4.74 Å². The number of nitrogens with one attached hydrogen (secondary N) is 1. The Bertz CT molecular complexity index is 1210. The van der Waals surface area contributed by atoms with Gasteiger partial charge in [0.2, 0.25) is 5.91 Å². The fourth-order valence-electron chi connectivity index (χ4n) is 4.34. The van der Waals surface area contributed by atoms with Crippen LogP contribution in [0.1, 0.15) is 58.3 Å². The van der Waals surface area contributed by atoms with E-state index in [1.807, 2.05) is 53.6 Å². The van der Waals surface area contributed by atoms with Gasteiger partial charge in [-0.25, -0.2) is 9.78 Å². The molecule has 1 unspecified atom stereocenters. The van der Waals surface area contributed by atoms with Crippen LogP contribution in [0.4, 0.5) is 0 Å².